The van der Waals surface area contributed by atoms with Crippen LogP contribution in [-0.4, -0.2) is 45.7 Å². The van der Waals surface area contributed by atoms with Crippen molar-refractivity contribution in [1.29, 1.82) is 0 Å². The molecule has 2 aromatic rings. The van der Waals surface area contributed by atoms with Gasteiger partial charge in [0.1, 0.15) is 11.6 Å². The van der Waals surface area contributed by atoms with Gasteiger partial charge in [0.05, 0.1) is 11.0 Å². The van der Waals surface area contributed by atoms with E-state index in [2.05, 4.69) is 16.0 Å². The van der Waals surface area contributed by atoms with Crippen molar-refractivity contribution in [3.05, 3.63) is 28.7 Å². The summed E-state index contributed by atoms with van der Waals surface area (Å²) in [5.41, 5.74) is 1.18. The van der Waals surface area contributed by atoms with Crippen molar-refractivity contribution in [2.75, 3.05) is 18.4 Å². The number of aryl methyl sites for hydroxylation is 1. The number of ether oxygens (including phenoxy) is 1. The van der Waals surface area contributed by atoms with Crippen molar-refractivity contribution >= 4 is 34.6 Å². The second-order valence-electron chi connectivity index (χ2n) is 8.24. The minimum absolute atomic E-state index is 0.198. The van der Waals surface area contributed by atoms with Gasteiger partial charge >= 0.3 is 11.8 Å². The topological polar surface area (TPSA) is 123 Å². The number of rotatable bonds is 5. The van der Waals surface area contributed by atoms with E-state index in [9.17, 15) is 19.2 Å². The van der Waals surface area contributed by atoms with Crippen molar-refractivity contribution in [2.24, 2.45) is 7.05 Å². The molecule has 1 saturated heterocycles. The van der Waals surface area contributed by atoms with Crippen LogP contribution in [0.15, 0.2) is 23.0 Å². The van der Waals surface area contributed by atoms with Gasteiger partial charge in [-0.2, -0.15) is 0 Å². The van der Waals surface area contributed by atoms with Crippen LogP contribution in [-0.2, 0) is 21.4 Å². The lowest BCUT2D eigenvalue weighted by Gasteiger charge is -2.22. The summed E-state index contributed by atoms with van der Waals surface area (Å²) in [6, 6.07) is 4.67. The van der Waals surface area contributed by atoms with E-state index in [0.29, 0.717) is 30.5 Å². The number of imide groups is 1. The summed E-state index contributed by atoms with van der Waals surface area (Å²) >= 11 is 0. The second kappa shape index (κ2) is 8.21. The van der Waals surface area contributed by atoms with Crippen LogP contribution in [0.2, 0.25) is 0 Å². The van der Waals surface area contributed by atoms with E-state index < -0.39 is 23.6 Å². The molecule has 0 aliphatic carbocycles. The summed E-state index contributed by atoms with van der Waals surface area (Å²) in [5, 5.41) is 8.15. The third-order valence-electron chi connectivity index (χ3n) is 4.73. The zero-order valence-electron chi connectivity index (χ0n) is 17.6. The van der Waals surface area contributed by atoms with E-state index >= 15 is 0 Å². The summed E-state index contributed by atoms with van der Waals surface area (Å²) in [5.74, 6) is -0.785. The number of hydrogen-bond acceptors (Lipinski definition) is 6. The number of piperidine rings is 1. The lowest BCUT2D eigenvalue weighted by atomic mass is 10.1. The van der Waals surface area contributed by atoms with E-state index in [-0.39, 0.29) is 18.0 Å². The molecule has 3 amide bonds. The Balaban J connectivity index is 1.71. The van der Waals surface area contributed by atoms with Gasteiger partial charge in [0.2, 0.25) is 11.8 Å². The molecule has 1 aliphatic rings. The number of nitrogens with zero attached hydrogens (tertiary/aromatic N) is 2. The Morgan fingerprint density at radius 1 is 1.20 bits per heavy atom. The number of anilines is 1. The van der Waals surface area contributed by atoms with Crippen molar-refractivity contribution in [1.82, 2.24) is 19.8 Å². The Kier molecular flexibility index (Phi) is 5.86. The minimum Gasteiger partial charge on any atom is -0.444 e. The van der Waals surface area contributed by atoms with Crippen LogP contribution in [0, 0.1) is 0 Å². The Morgan fingerprint density at radius 2 is 1.93 bits per heavy atom. The fourth-order valence-corrected chi connectivity index (χ4v) is 3.39. The number of benzene rings is 1. The van der Waals surface area contributed by atoms with Crippen LogP contribution in [0.5, 0.6) is 0 Å². The van der Waals surface area contributed by atoms with Crippen LogP contribution in [0.25, 0.3) is 11.0 Å². The molecule has 1 unspecified atom stereocenters. The molecule has 1 fully saturated rings. The number of fused-ring (bicyclic) bond motifs is 1. The molecule has 3 rings (SSSR count). The number of carbonyl (C=O) groups is 3. The first-order chi connectivity index (χ1) is 14.1. The van der Waals surface area contributed by atoms with E-state index in [1.807, 2.05) is 6.07 Å². The number of imidazole rings is 1. The molecule has 10 nitrogen and oxygen atoms in total. The Hall–Kier alpha value is -3.30. The van der Waals surface area contributed by atoms with E-state index in [4.69, 9.17) is 4.74 Å². The van der Waals surface area contributed by atoms with Gasteiger partial charge in [0.15, 0.2) is 0 Å². The fourth-order valence-electron chi connectivity index (χ4n) is 3.39. The van der Waals surface area contributed by atoms with Gasteiger partial charge in [-0.05, 0) is 45.4 Å². The lowest BCUT2D eigenvalue weighted by Crippen LogP contribution is -2.44. The van der Waals surface area contributed by atoms with Crippen LogP contribution >= 0.6 is 0 Å². The van der Waals surface area contributed by atoms with Crippen LogP contribution in [0.4, 0.5) is 10.5 Å². The Morgan fingerprint density at radius 3 is 2.60 bits per heavy atom. The van der Waals surface area contributed by atoms with Gasteiger partial charge in [-0.15, -0.1) is 0 Å². The molecule has 0 bridgehead atoms. The first-order valence-electron chi connectivity index (χ1n) is 9.82. The van der Waals surface area contributed by atoms with Gasteiger partial charge in [-0.25, -0.2) is 9.59 Å². The number of aromatic nitrogens is 2. The van der Waals surface area contributed by atoms with Crippen LogP contribution in [0.3, 0.4) is 0 Å². The average molecular weight is 417 g/mol. The summed E-state index contributed by atoms with van der Waals surface area (Å²) in [4.78, 5) is 48.1. The van der Waals surface area contributed by atoms with Crippen molar-refractivity contribution in [3.8, 4) is 0 Å². The van der Waals surface area contributed by atoms with Crippen LogP contribution in [0.1, 0.15) is 39.7 Å². The van der Waals surface area contributed by atoms with Gasteiger partial charge in [-0.1, -0.05) is 0 Å². The third kappa shape index (κ3) is 4.64. The highest BCUT2D eigenvalue weighted by Gasteiger charge is 2.31. The van der Waals surface area contributed by atoms with Gasteiger partial charge in [-0.3, -0.25) is 24.0 Å². The fraction of sp³-hybridized carbons (Fsp3) is 0.500. The predicted octanol–water partition coefficient (Wildman–Crippen LogP) is 1.25. The Labute approximate surface area is 173 Å². The molecular weight excluding hydrogens is 390 g/mol. The largest absolute Gasteiger partial charge is 0.444 e. The maximum absolute atomic E-state index is 12.8. The molecule has 1 aromatic heterocycles. The van der Waals surface area contributed by atoms with E-state index in [1.54, 1.807) is 40.0 Å². The van der Waals surface area contributed by atoms with Crippen molar-refractivity contribution in [3.63, 3.8) is 0 Å². The summed E-state index contributed by atoms with van der Waals surface area (Å²) in [6.07, 6.45) is 0.00673. The summed E-state index contributed by atoms with van der Waals surface area (Å²) in [7, 11) is 1.64. The highest BCUT2D eigenvalue weighted by Crippen LogP contribution is 2.24. The molecule has 1 aromatic carbocycles. The molecule has 30 heavy (non-hydrogen) atoms. The molecule has 0 saturated carbocycles. The molecule has 10 heteroatoms. The standard InChI is InChI=1S/C20H27N5O5/c1-20(2,3)30-18(28)22-10-9-21-12-5-6-13-15(11-12)24(4)19(29)25(13)14-7-8-16(26)23-17(14)27/h5-6,11,14,21H,7-10H2,1-4H3,(H,22,28)(H,23,26,27). The summed E-state index contributed by atoms with van der Waals surface area (Å²) < 4.78 is 8.09. The van der Waals surface area contributed by atoms with Gasteiger partial charge in [0.25, 0.3) is 0 Å². The molecule has 162 valence electrons. The third-order valence-corrected chi connectivity index (χ3v) is 4.73. The smallest absolute Gasteiger partial charge is 0.407 e. The second-order valence-corrected chi connectivity index (χ2v) is 8.24. The minimum atomic E-state index is -0.712. The molecule has 1 aliphatic heterocycles. The maximum Gasteiger partial charge on any atom is 0.407 e. The first-order valence-corrected chi connectivity index (χ1v) is 9.82. The number of carbonyl (C=O) groups excluding carboxylic acids is 3. The van der Waals surface area contributed by atoms with Gasteiger partial charge < -0.3 is 15.4 Å². The highest BCUT2D eigenvalue weighted by atomic mass is 16.6. The summed E-state index contributed by atoms with van der Waals surface area (Å²) in [6.45, 7) is 6.22. The SMILES string of the molecule is Cn1c(=O)n(C2CCC(=O)NC2=O)c2ccc(NCCNC(=O)OC(C)(C)C)cc21. The molecular formula is C20H27N5O5. The molecule has 0 spiro atoms. The number of hydrogen-bond donors (Lipinski definition) is 3. The predicted molar refractivity (Wildman–Crippen MR) is 111 cm³/mol. The van der Waals surface area contributed by atoms with Crippen molar-refractivity contribution in [2.45, 2.75) is 45.3 Å². The monoisotopic (exact) mass is 417 g/mol. The molecule has 3 N–H and O–H groups in total. The zero-order valence-corrected chi connectivity index (χ0v) is 17.6. The van der Waals surface area contributed by atoms with Gasteiger partial charge in [0, 0.05) is 32.2 Å². The zero-order chi connectivity index (χ0) is 22.1. The van der Waals surface area contributed by atoms with E-state index in [0.717, 1.165) is 5.69 Å². The first kappa shape index (κ1) is 21.4. The Bertz CT molecular complexity index is 1050. The van der Waals surface area contributed by atoms with Crippen molar-refractivity contribution < 1.29 is 19.1 Å². The number of alkyl carbamates (subject to hydrolysis) is 1. The van der Waals surface area contributed by atoms with E-state index in [1.165, 1.54) is 9.13 Å². The quantitative estimate of drug-likeness (QED) is 0.497. The number of nitrogens with one attached hydrogen (secondary N) is 3. The number of amides is 3. The lowest BCUT2D eigenvalue weighted by molar-refractivity contribution is -0.135. The van der Waals surface area contributed by atoms with Crippen LogP contribution < -0.4 is 21.6 Å². The normalized spacial score (nSPS) is 17.0. The highest BCUT2D eigenvalue weighted by molar-refractivity contribution is 6.00. The molecule has 1 atom stereocenters. The maximum atomic E-state index is 12.8. The average Bonchev–Trinajstić information content (AvgIpc) is 2.88. The molecule has 0 radical (unpaired) electrons. The molecule has 2 heterocycles.